The van der Waals surface area contributed by atoms with E-state index in [2.05, 4.69) is 13.8 Å². The highest BCUT2D eigenvalue weighted by Gasteiger charge is 2.23. The smallest absolute Gasteiger partial charge is 0.138 e. The zero-order valence-corrected chi connectivity index (χ0v) is 11.3. The molecule has 1 aromatic rings. The topological polar surface area (TPSA) is 35.2 Å². The lowest BCUT2D eigenvalue weighted by Crippen LogP contribution is -2.22. The zero-order valence-electron chi connectivity index (χ0n) is 9.81. The first-order valence-corrected chi connectivity index (χ1v) is 5.91. The van der Waals surface area contributed by atoms with Crippen LogP contribution in [0.3, 0.4) is 0 Å². The molecule has 2 N–H and O–H groups in total. The van der Waals surface area contributed by atoms with E-state index in [0.717, 1.165) is 12.0 Å². The molecule has 0 saturated carbocycles. The summed E-state index contributed by atoms with van der Waals surface area (Å²) in [5, 5.41) is 1.24. The second-order valence-corrected chi connectivity index (χ2v) is 5.20. The number of rotatable bonds is 4. The van der Waals surface area contributed by atoms with Crippen molar-refractivity contribution in [2.24, 2.45) is 5.73 Å². The Hall–Kier alpha value is -0.440. The SMILES string of the molecule is COc1cc(Cl)c(C(C)(C)CCN)cc1Cl. The summed E-state index contributed by atoms with van der Waals surface area (Å²) < 4.78 is 5.11. The normalized spacial score (nSPS) is 11.6. The van der Waals surface area contributed by atoms with Gasteiger partial charge in [-0.15, -0.1) is 0 Å². The van der Waals surface area contributed by atoms with E-state index in [9.17, 15) is 0 Å². The van der Waals surface area contributed by atoms with Gasteiger partial charge in [-0.1, -0.05) is 37.0 Å². The number of ether oxygens (including phenoxy) is 1. The van der Waals surface area contributed by atoms with Gasteiger partial charge < -0.3 is 10.5 Å². The maximum atomic E-state index is 6.22. The third kappa shape index (κ3) is 2.82. The van der Waals surface area contributed by atoms with Crippen LogP contribution in [-0.2, 0) is 5.41 Å². The molecule has 0 amide bonds. The maximum absolute atomic E-state index is 6.22. The van der Waals surface area contributed by atoms with E-state index in [1.807, 2.05) is 6.07 Å². The highest BCUT2D eigenvalue weighted by atomic mass is 35.5. The van der Waals surface area contributed by atoms with Crippen LogP contribution in [0.1, 0.15) is 25.8 Å². The predicted molar refractivity (Wildman–Crippen MR) is 69.7 cm³/mol. The summed E-state index contributed by atoms with van der Waals surface area (Å²) in [7, 11) is 1.57. The zero-order chi connectivity index (χ0) is 12.3. The van der Waals surface area contributed by atoms with Crippen LogP contribution < -0.4 is 10.5 Å². The number of halogens is 2. The van der Waals surface area contributed by atoms with Crippen molar-refractivity contribution in [1.82, 2.24) is 0 Å². The van der Waals surface area contributed by atoms with Crippen molar-refractivity contribution < 1.29 is 4.74 Å². The van der Waals surface area contributed by atoms with Crippen LogP contribution in [0.25, 0.3) is 0 Å². The van der Waals surface area contributed by atoms with Crippen LogP contribution >= 0.6 is 23.2 Å². The Morgan fingerprint density at radius 3 is 2.38 bits per heavy atom. The first kappa shape index (κ1) is 13.6. The maximum Gasteiger partial charge on any atom is 0.138 e. The van der Waals surface area contributed by atoms with Crippen molar-refractivity contribution in [3.8, 4) is 5.75 Å². The molecular weight excluding hydrogens is 245 g/mol. The number of benzene rings is 1. The summed E-state index contributed by atoms with van der Waals surface area (Å²) in [5.41, 5.74) is 6.52. The summed E-state index contributed by atoms with van der Waals surface area (Å²) in [6.07, 6.45) is 0.857. The number of hydrogen-bond acceptors (Lipinski definition) is 2. The molecule has 0 atom stereocenters. The molecule has 0 radical (unpaired) electrons. The molecule has 0 aliphatic carbocycles. The van der Waals surface area contributed by atoms with Crippen molar-refractivity contribution in [1.29, 1.82) is 0 Å². The Bertz CT molecular complexity index is 378. The fourth-order valence-electron chi connectivity index (χ4n) is 1.70. The van der Waals surface area contributed by atoms with Gasteiger partial charge >= 0.3 is 0 Å². The van der Waals surface area contributed by atoms with Crippen molar-refractivity contribution in [2.45, 2.75) is 25.7 Å². The van der Waals surface area contributed by atoms with Crippen molar-refractivity contribution in [3.63, 3.8) is 0 Å². The van der Waals surface area contributed by atoms with Gasteiger partial charge in [-0.25, -0.2) is 0 Å². The molecule has 0 aromatic heterocycles. The molecule has 0 bridgehead atoms. The third-order valence-corrected chi connectivity index (χ3v) is 3.35. The number of methoxy groups -OCH3 is 1. The van der Waals surface area contributed by atoms with E-state index in [1.165, 1.54) is 0 Å². The van der Waals surface area contributed by atoms with Gasteiger partial charge in [0.2, 0.25) is 0 Å². The Balaban J connectivity index is 3.20. The van der Waals surface area contributed by atoms with Crippen molar-refractivity contribution in [3.05, 3.63) is 27.7 Å². The molecule has 1 aromatic carbocycles. The molecule has 90 valence electrons. The molecular formula is C12H17Cl2NO. The van der Waals surface area contributed by atoms with E-state index in [-0.39, 0.29) is 5.41 Å². The molecule has 4 heteroatoms. The summed E-state index contributed by atoms with van der Waals surface area (Å²) in [5.74, 6) is 0.596. The Kier molecular flexibility index (Phi) is 4.48. The Morgan fingerprint density at radius 2 is 1.88 bits per heavy atom. The average Bonchev–Trinajstić information content (AvgIpc) is 2.20. The van der Waals surface area contributed by atoms with Crippen LogP contribution in [0.4, 0.5) is 0 Å². The molecule has 16 heavy (non-hydrogen) atoms. The monoisotopic (exact) mass is 261 g/mol. The minimum atomic E-state index is -0.0816. The fourth-order valence-corrected chi connectivity index (χ4v) is 2.35. The fraction of sp³-hybridized carbons (Fsp3) is 0.500. The Labute approximate surface area is 107 Å². The summed E-state index contributed by atoms with van der Waals surface area (Å²) in [4.78, 5) is 0. The van der Waals surface area contributed by atoms with Crippen LogP contribution in [0, 0.1) is 0 Å². The van der Waals surface area contributed by atoms with Gasteiger partial charge in [0, 0.05) is 11.1 Å². The Morgan fingerprint density at radius 1 is 1.25 bits per heavy atom. The second-order valence-electron chi connectivity index (χ2n) is 4.39. The van der Waals surface area contributed by atoms with E-state index < -0.39 is 0 Å². The van der Waals surface area contributed by atoms with Gasteiger partial charge in [0.15, 0.2) is 0 Å². The van der Waals surface area contributed by atoms with Gasteiger partial charge in [-0.2, -0.15) is 0 Å². The second kappa shape index (κ2) is 5.26. The summed E-state index contributed by atoms with van der Waals surface area (Å²) >= 11 is 12.3. The lowest BCUT2D eigenvalue weighted by molar-refractivity contribution is 0.414. The number of nitrogens with two attached hydrogens (primary N) is 1. The molecule has 0 aliphatic rings. The highest BCUT2D eigenvalue weighted by Crippen LogP contribution is 2.38. The van der Waals surface area contributed by atoms with Gasteiger partial charge in [-0.05, 0) is 30.0 Å². The minimum absolute atomic E-state index is 0.0816. The van der Waals surface area contributed by atoms with Crippen molar-refractivity contribution >= 4 is 23.2 Å². The highest BCUT2D eigenvalue weighted by molar-refractivity contribution is 6.34. The van der Waals surface area contributed by atoms with Crippen LogP contribution in [0.5, 0.6) is 5.75 Å². The van der Waals surface area contributed by atoms with Crippen molar-refractivity contribution in [2.75, 3.05) is 13.7 Å². The lowest BCUT2D eigenvalue weighted by Gasteiger charge is -2.26. The standard InChI is InChI=1S/C12H17Cl2NO/c1-12(2,4-5-15)8-6-10(14)11(16-3)7-9(8)13/h6-7H,4-5,15H2,1-3H3. The quantitative estimate of drug-likeness (QED) is 0.899. The van der Waals surface area contributed by atoms with E-state index in [1.54, 1.807) is 13.2 Å². The van der Waals surface area contributed by atoms with Crippen LogP contribution in [0.15, 0.2) is 12.1 Å². The third-order valence-electron chi connectivity index (χ3n) is 2.74. The molecule has 0 heterocycles. The van der Waals surface area contributed by atoms with E-state index in [0.29, 0.717) is 22.3 Å². The largest absolute Gasteiger partial charge is 0.495 e. The van der Waals surface area contributed by atoms with Crippen LogP contribution in [-0.4, -0.2) is 13.7 Å². The molecule has 2 nitrogen and oxygen atoms in total. The van der Waals surface area contributed by atoms with Crippen LogP contribution in [0.2, 0.25) is 10.0 Å². The number of hydrogen-bond donors (Lipinski definition) is 1. The average molecular weight is 262 g/mol. The molecule has 0 unspecified atom stereocenters. The molecule has 0 aliphatic heterocycles. The first-order chi connectivity index (χ1) is 7.42. The first-order valence-electron chi connectivity index (χ1n) is 5.16. The summed E-state index contributed by atoms with van der Waals surface area (Å²) in [6, 6.07) is 3.61. The lowest BCUT2D eigenvalue weighted by atomic mass is 9.81. The van der Waals surface area contributed by atoms with Gasteiger partial charge in [-0.3, -0.25) is 0 Å². The predicted octanol–water partition coefficient (Wildman–Crippen LogP) is 3.63. The molecule has 0 spiro atoms. The minimum Gasteiger partial charge on any atom is -0.495 e. The molecule has 0 saturated heterocycles. The van der Waals surface area contributed by atoms with Gasteiger partial charge in [0.05, 0.1) is 12.1 Å². The summed E-state index contributed by atoms with van der Waals surface area (Å²) in [6.45, 7) is 4.82. The van der Waals surface area contributed by atoms with E-state index in [4.69, 9.17) is 33.7 Å². The van der Waals surface area contributed by atoms with Gasteiger partial charge in [0.1, 0.15) is 5.75 Å². The van der Waals surface area contributed by atoms with E-state index >= 15 is 0 Å². The van der Waals surface area contributed by atoms with Gasteiger partial charge in [0.25, 0.3) is 0 Å². The molecule has 0 fully saturated rings. The molecule has 1 rings (SSSR count).